The topological polar surface area (TPSA) is 12.0 Å². The molecule has 19 heavy (non-hydrogen) atoms. The lowest BCUT2D eigenvalue weighted by Crippen LogP contribution is -2.40. The van der Waals surface area contributed by atoms with E-state index in [0.29, 0.717) is 6.04 Å². The summed E-state index contributed by atoms with van der Waals surface area (Å²) in [5.74, 6) is 1.88. The SMILES string of the molecule is CCCNC(Cc1cccs1)C1CCCC(CC)C1. The van der Waals surface area contributed by atoms with Gasteiger partial charge in [0.05, 0.1) is 0 Å². The van der Waals surface area contributed by atoms with Crippen LogP contribution in [0.25, 0.3) is 0 Å². The van der Waals surface area contributed by atoms with Crippen LogP contribution in [0.15, 0.2) is 17.5 Å². The van der Waals surface area contributed by atoms with Crippen molar-refractivity contribution in [1.82, 2.24) is 5.32 Å². The lowest BCUT2D eigenvalue weighted by atomic mass is 9.76. The first-order valence-corrected chi connectivity index (χ1v) is 8.97. The molecule has 1 aromatic rings. The largest absolute Gasteiger partial charge is 0.313 e. The van der Waals surface area contributed by atoms with E-state index in [0.717, 1.165) is 11.8 Å². The molecule has 1 aliphatic carbocycles. The van der Waals surface area contributed by atoms with Crippen LogP contribution in [-0.4, -0.2) is 12.6 Å². The van der Waals surface area contributed by atoms with E-state index >= 15 is 0 Å². The predicted octanol–water partition coefficient (Wildman–Crippen LogP) is 4.88. The summed E-state index contributed by atoms with van der Waals surface area (Å²) < 4.78 is 0. The van der Waals surface area contributed by atoms with Crippen LogP contribution in [0, 0.1) is 11.8 Å². The Morgan fingerprint density at radius 3 is 2.95 bits per heavy atom. The van der Waals surface area contributed by atoms with Crippen molar-refractivity contribution < 1.29 is 0 Å². The quantitative estimate of drug-likeness (QED) is 0.750. The third kappa shape index (κ3) is 4.61. The highest BCUT2D eigenvalue weighted by Gasteiger charge is 2.27. The molecule has 108 valence electrons. The average molecular weight is 279 g/mol. The van der Waals surface area contributed by atoms with Gasteiger partial charge in [0.15, 0.2) is 0 Å². The van der Waals surface area contributed by atoms with E-state index in [1.807, 2.05) is 11.3 Å². The molecule has 1 aromatic heterocycles. The lowest BCUT2D eigenvalue weighted by Gasteiger charge is -2.35. The summed E-state index contributed by atoms with van der Waals surface area (Å²) in [5.41, 5.74) is 0. The summed E-state index contributed by atoms with van der Waals surface area (Å²) in [6.45, 7) is 5.80. The van der Waals surface area contributed by atoms with Gasteiger partial charge in [-0.1, -0.05) is 39.2 Å². The zero-order valence-corrected chi connectivity index (χ0v) is 13.3. The molecule has 1 heterocycles. The van der Waals surface area contributed by atoms with Crippen LogP contribution < -0.4 is 5.32 Å². The Balaban J connectivity index is 1.95. The maximum Gasteiger partial charge on any atom is 0.0144 e. The Bertz CT molecular complexity index is 333. The molecule has 1 N–H and O–H groups in total. The second kappa shape index (κ2) is 8.06. The van der Waals surface area contributed by atoms with Crippen molar-refractivity contribution in [3.05, 3.63) is 22.4 Å². The number of rotatable bonds is 7. The van der Waals surface area contributed by atoms with Gasteiger partial charge in [0.25, 0.3) is 0 Å². The van der Waals surface area contributed by atoms with E-state index in [4.69, 9.17) is 0 Å². The highest BCUT2D eigenvalue weighted by molar-refractivity contribution is 7.09. The fourth-order valence-corrected chi connectivity index (χ4v) is 4.21. The maximum atomic E-state index is 3.83. The number of thiophene rings is 1. The van der Waals surface area contributed by atoms with Crippen LogP contribution >= 0.6 is 11.3 Å². The third-order valence-electron chi connectivity index (χ3n) is 4.63. The summed E-state index contributed by atoms with van der Waals surface area (Å²) in [6, 6.07) is 5.19. The number of hydrogen-bond donors (Lipinski definition) is 1. The first-order valence-electron chi connectivity index (χ1n) is 8.09. The molecule has 1 saturated carbocycles. The molecule has 0 aromatic carbocycles. The summed E-state index contributed by atoms with van der Waals surface area (Å²) >= 11 is 1.92. The Hall–Kier alpha value is -0.340. The van der Waals surface area contributed by atoms with Gasteiger partial charge in [-0.25, -0.2) is 0 Å². The van der Waals surface area contributed by atoms with Gasteiger partial charge in [0.1, 0.15) is 0 Å². The smallest absolute Gasteiger partial charge is 0.0144 e. The Morgan fingerprint density at radius 1 is 1.37 bits per heavy atom. The molecular formula is C17H29NS. The predicted molar refractivity (Wildman–Crippen MR) is 85.8 cm³/mol. The van der Waals surface area contributed by atoms with Crippen LogP contribution in [0.2, 0.25) is 0 Å². The van der Waals surface area contributed by atoms with E-state index < -0.39 is 0 Å². The van der Waals surface area contributed by atoms with Gasteiger partial charge in [-0.3, -0.25) is 0 Å². The van der Waals surface area contributed by atoms with E-state index in [9.17, 15) is 0 Å². The molecule has 1 nitrogen and oxygen atoms in total. The van der Waals surface area contributed by atoms with E-state index in [2.05, 4.69) is 36.7 Å². The highest BCUT2D eigenvalue weighted by Crippen LogP contribution is 2.34. The van der Waals surface area contributed by atoms with Gasteiger partial charge in [-0.15, -0.1) is 11.3 Å². The van der Waals surface area contributed by atoms with Gasteiger partial charge in [-0.05, 0) is 55.5 Å². The van der Waals surface area contributed by atoms with Crippen LogP contribution in [0.1, 0.15) is 57.2 Å². The summed E-state index contributed by atoms with van der Waals surface area (Å²) in [5, 5.41) is 6.04. The molecular weight excluding hydrogens is 250 g/mol. The molecule has 1 fully saturated rings. The van der Waals surface area contributed by atoms with Crippen LogP contribution in [0.3, 0.4) is 0 Å². The minimum atomic E-state index is 0.702. The number of nitrogens with one attached hydrogen (secondary N) is 1. The molecule has 1 aliphatic rings. The molecule has 0 spiro atoms. The number of hydrogen-bond acceptors (Lipinski definition) is 2. The summed E-state index contributed by atoms with van der Waals surface area (Å²) in [4.78, 5) is 1.55. The normalized spacial score (nSPS) is 25.4. The molecule has 0 bridgehead atoms. The van der Waals surface area contributed by atoms with Crippen LogP contribution in [0.4, 0.5) is 0 Å². The van der Waals surface area contributed by atoms with Gasteiger partial charge in [-0.2, -0.15) is 0 Å². The first-order chi connectivity index (χ1) is 9.33. The fraction of sp³-hybridized carbons (Fsp3) is 0.765. The van der Waals surface area contributed by atoms with Gasteiger partial charge in [0.2, 0.25) is 0 Å². The third-order valence-corrected chi connectivity index (χ3v) is 5.53. The van der Waals surface area contributed by atoms with Gasteiger partial charge < -0.3 is 5.32 Å². The zero-order valence-electron chi connectivity index (χ0n) is 12.5. The van der Waals surface area contributed by atoms with E-state index in [1.165, 1.54) is 51.5 Å². The Kier molecular flexibility index (Phi) is 6.39. The zero-order chi connectivity index (χ0) is 13.5. The van der Waals surface area contributed by atoms with Crippen molar-refractivity contribution in [3.8, 4) is 0 Å². The second-order valence-electron chi connectivity index (χ2n) is 6.05. The first kappa shape index (κ1) is 15.1. The Morgan fingerprint density at radius 2 is 2.26 bits per heavy atom. The summed E-state index contributed by atoms with van der Waals surface area (Å²) in [7, 11) is 0. The van der Waals surface area contributed by atoms with Crippen LogP contribution in [0.5, 0.6) is 0 Å². The fourth-order valence-electron chi connectivity index (χ4n) is 3.45. The maximum absolute atomic E-state index is 3.83. The molecule has 2 rings (SSSR count). The molecule has 3 atom stereocenters. The molecule has 2 heteroatoms. The highest BCUT2D eigenvalue weighted by atomic mass is 32.1. The monoisotopic (exact) mass is 279 g/mol. The van der Waals surface area contributed by atoms with Crippen molar-refractivity contribution in [3.63, 3.8) is 0 Å². The minimum Gasteiger partial charge on any atom is -0.313 e. The molecule has 0 aliphatic heterocycles. The van der Waals surface area contributed by atoms with Gasteiger partial charge >= 0.3 is 0 Å². The minimum absolute atomic E-state index is 0.702. The standard InChI is InChI=1S/C17H29NS/c1-3-10-18-17(13-16-9-6-11-19-16)15-8-5-7-14(4-2)12-15/h6,9,11,14-15,17-18H,3-5,7-8,10,12-13H2,1-2H3. The van der Waals surface area contributed by atoms with Crippen molar-refractivity contribution >= 4 is 11.3 Å². The van der Waals surface area contributed by atoms with Crippen molar-refractivity contribution in [1.29, 1.82) is 0 Å². The van der Waals surface area contributed by atoms with Gasteiger partial charge in [0, 0.05) is 10.9 Å². The molecule has 3 unspecified atom stereocenters. The average Bonchev–Trinajstić information content (AvgIpc) is 2.96. The van der Waals surface area contributed by atoms with E-state index in [1.54, 1.807) is 4.88 Å². The van der Waals surface area contributed by atoms with Crippen molar-refractivity contribution in [2.24, 2.45) is 11.8 Å². The molecule has 0 radical (unpaired) electrons. The molecule has 0 amide bonds. The second-order valence-corrected chi connectivity index (χ2v) is 7.08. The molecule has 0 saturated heterocycles. The summed E-state index contributed by atoms with van der Waals surface area (Å²) in [6.07, 6.45) is 9.64. The van der Waals surface area contributed by atoms with Crippen molar-refractivity contribution in [2.75, 3.05) is 6.54 Å². The lowest BCUT2D eigenvalue weighted by molar-refractivity contribution is 0.208. The van der Waals surface area contributed by atoms with Crippen molar-refractivity contribution in [2.45, 2.75) is 64.8 Å². The van der Waals surface area contributed by atoms with Crippen LogP contribution in [-0.2, 0) is 6.42 Å². The Labute approximate surface area is 122 Å². The van der Waals surface area contributed by atoms with E-state index in [-0.39, 0.29) is 0 Å².